The van der Waals surface area contributed by atoms with Crippen molar-refractivity contribution in [1.29, 1.82) is 0 Å². The van der Waals surface area contributed by atoms with E-state index in [1.165, 1.54) is 0 Å². The Morgan fingerprint density at radius 3 is 2.35 bits per heavy atom. The molecule has 0 aromatic heterocycles. The van der Waals surface area contributed by atoms with Crippen LogP contribution in [0.1, 0.15) is 64.4 Å². The van der Waals surface area contributed by atoms with Gasteiger partial charge in [-0.1, -0.05) is 26.7 Å². The Labute approximate surface area is 186 Å². The molecule has 0 radical (unpaired) electrons. The third kappa shape index (κ3) is 6.29. The lowest BCUT2D eigenvalue weighted by Gasteiger charge is -2.21. The molecule has 172 valence electrons. The molecule has 2 heterocycles. The molecule has 1 aromatic carbocycles. The van der Waals surface area contributed by atoms with Gasteiger partial charge in [-0.25, -0.2) is 13.1 Å². The molecule has 0 aliphatic carbocycles. The van der Waals surface area contributed by atoms with Crippen LogP contribution in [0.5, 0.6) is 0 Å². The topological polar surface area (TPSA) is 86.8 Å². The summed E-state index contributed by atoms with van der Waals surface area (Å²) in [6, 6.07) is 4.95. The SMILES string of the molecule is CC(C)CCNS(=O)(=O)c1ccc2c(c1)CCN2C(=O)CCC(=O)N1CCCCCC1. The third-order valence-corrected chi connectivity index (χ3v) is 7.54. The van der Waals surface area contributed by atoms with Crippen LogP contribution >= 0.6 is 0 Å². The molecular formula is C23H35N3O4S. The number of fused-ring (bicyclic) bond motifs is 1. The molecule has 1 fully saturated rings. The van der Waals surface area contributed by atoms with E-state index < -0.39 is 10.0 Å². The number of hydrogen-bond acceptors (Lipinski definition) is 4. The van der Waals surface area contributed by atoms with Gasteiger partial charge in [0.2, 0.25) is 21.8 Å². The first kappa shape index (κ1) is 23.7. The Balaban J connectivity index is 1.58. The van der Waals surface area contributed by atoms with Crippen LogP contribution < -0.4 is 9.62 Å². The molecule has 1 N–H and O–H groups in total. The molecule has 1 aromatic rings. The smallest absolute Gasteiger partial charge is 0.240 e. The molecular weight excluding hydrogens is 414 g/mol. The second-order valence-corrected chi connectivity index (χ2v) is 10.7. The number of hydrogen-bond donors (Lipinski definition) is 1. The molecule has 8 heteroatoms. The average molecular weight is 450 g/mol. The summed E-state index contributed by atoms with van der Waals surface area (Å²) in [6.07, 6.45) is 6.23. The highest BCUT2D eigenvalue weighted by Gasteiger charge is 2.27. The zero-order chi connectivity index (χ0) is 22.4. The van der Waals surface area contributed by atoms with Crippen LogP contribution in [0.25, 0.3) is 0 Å². The summed E-state index contributed by atoms with van der Waals surface area (Å²) in [5.74, 6) is 0.407. The molecule has 0 atom stereocenters. The molecule has 2 amide bonds. The van der Waals surface area contributed by atoms with Crippen LogP contribution in [-0.4, -0.2) is 51.3 Å². The quantitative estimate of drug-likeness (QED) is 0.661. The maximum atomic E-state index is 12.8. The van der Waals surface area contributed by atoms with Gasteiger partial charge in [0.1, 0.15) is 0 Å². The molecule has 2 aliphatic heterocycles. The zero-order valence-electron chi connectivity index (χ0n) is 18.7. The average Bonchev–Trinajstić information content (AvgIpc) is 2.96. The van der Waals surface area contributed by atoms with Crippen LogP contribution in [0.3, 0.4) is 0 Å². The summed E-state index contributed by atoms with van der Waals surface area (Å²) in [4.78, 5) is 29.1. The van der Waals surface area contributed by atoms with Crippen molar-refractivity contribution in [2.75, 3.05) is 31.1 Å². The maximum absolute atomic E-state index is 12.8. The highest BCUT2D eigenvalue weighted by Crippen LogP contribution is 2.31. The van der Waals surface area contributed by atoms with Crippen molar-refractivity contribution < 1.29 is 18.0 Å². The van der Waals surface area contributed by atoms with Crippen molar-refractivity contribution in [2.24, 2.45) is 5.92 Å². The molecule has 31 heavy (non-hydrogen) atoms. The summed E-state index contributed by atoms with van der Waals surface area (Å²) in [5.41, 5.74) is 1.62. The second-order valence-electron chi connectivity index (χ2n) is 8.96. The fraction of sp³-hybridized carbons (Fsp3) is 0.652. The number of carbonyl (C=O) groups excluding carboxylic acids is 2. The lowest BCUT2D eigenvalue weighted by atomic mass is 10.1. The minimum Gasteiger partial charge on any atom is -0.343 e. The van der Waals surface area contributed by atoms with Gasteiger partial charge in [0.25, 0.3) is 0 Å². The fourth-order valence-electron chi connectivity index (χ4n) is 4.20. The number of sulfonamides is 1. The maximum Gasteiger partial charge on any atom is 0.240 e. The third-order valence-electron chi connectivity index (χ3n) is 6.08. The number of anilines is 1. The summed E-state index contributed by atoms with van der Waals surface area (Å²) in [6.45, 7) is 6.63. The predicted octanol–water partition coefficient (Wildman–Crippen LogP) is 3.08. The van der Waals surface area contributed by atoms with Crippen molar-refractivity contribution in [3.05, 3.63) is 23.8 Å². The van der Waals surface area contributed by atoms with Crippen LogP contribution in [0.2, 0.25) is 0 Å². The zero-order valence-corrected chi connectivity index (χ0v) is 19.5. The minimum atomic E-state index is -3.56. The Kier molecular flexibility index (Phi) is 8.11. The number of amides is 2. The molecule has 0 spiro atoms. The first-order valence-electron chi connectivity index (χ1n) is 11.5. The van der Waals surface area contributed by atoms with Crippen molar-refractivity contribution in [2.45, 2.75) is 70.1 Å². The standard InChI is InChI=1S/C23H35N3O4S/c1-18(2)11-13-24-31(29,30)20-7-8-21-19(17-20)12-16-26(21)23(28)10-9-22(27)25-14-5-3-4-6-15-25/h7-8,17-18,24H,3-6,9-16H2,1-2H3. The van der Waals surface area contributed by atoms with Crippen molar-refractivity contribution in [3.8, 4) is 0 Å². The van der Waals surface area contributed by atoms with Gasteiger partial charge in [-0.15, -0.1) is 0 Å². The van der Waals surface area contributed by atoms with E-state index in [0.29, 0.717) is 25.4 Å². The molecule has 0 unspecified atom stereocenters. The van der Waals surface area contributed by atoms with E-state index >= 15 is 0 Å². The molecule has 7 nitrogen and oxygen atoms in total. The number of benzene rings is 1. The Morgan fingerprint density at radius 1 is 1.00 bits per heavy atom. The van der Waals surface area contributed by atoms with Gasteiger partial charge in [0.15, 0.2) is 0 Å². The van der Waals surface area contributed by atoms with Gasteiger partial charge in [0, 0.05) is 44.7 Å². The van der Waals surface area contributed by atoms with Crippen molar-refractivity contribution in [3.63, 3.8) is 0 Å². The fourth-order valence-corrected chi connectivity index (χ4v) is 5.29. The number of nitrogens with zero attached hydrogens (tertiary/aromatic N) is 2. The number of nitrogens with one attached hydrogen (secondary N) is 1. The van der Waals surface area contributed by atoms with Crippen LogP contribution in [-0.2, 0) is 26.0 Å². The lowest BCUT2D eigenvalue weighted by Crippen LogP contribution is -2.34. The second kappa shape index (κ2) is 10.6. The molecule has 2 aliphatic rings. The number of rotatable bonds is 8. The van der Waals surface area contributed by atoms with E-state index in [0.717, 1.165) is 56.4 Å². The van der Waals surface area contributed by atoms with Gasteiger partial charge >= 0.3 is 0 Å². The molecule has 0 saturated carbocycles. The first-order chi connectivity index (χ1) is 14.8. The van der Waals surface area contributed by atoms with E-state index in [2.05, 4.69) is 18.6 Å². The largest absolute Gasteiger partial charge is 0.343 e. The van der Waals surface area contributed by atoms with Gasteiger partial charge < -0.3 is 9.80 Å². The van der Waals surface area contributed by atoms with E-state index in [9.17, 15) is 18.0 Å². The summed E-state index contributed by atoms with van der Waals surface area (Å²) in [5, 5.41) is 0. The summed E-state index contributed by atoms with van der Waals surface area (Å²) >= 11 is 0. The molecule has 3 rings (SSSR count). The number of likely N-dealkylation sites (tertiary alicyclic amines) is 1. The van der Waals surface area contributed by atoms with Crippen molar-refractivity contribution >= 4 is 27.5 Å². The monoisotopic (exact) mass is 449 g/mol. The minimum absolute atomic E-state index is 0.0589. The Bertz CT molecular complexity index is 890. The van der Waals surface area contributed by atoms with Crippen LogP contribution in [0, 0.1) is 5.92 Å². The predicted molar refractivity (Wildman–Crippen MR) is 121 cm³/mol. The summed E-state index contributed by atoms with van der Waals surface area (Å²) in [7, 11) is -3.56. The van der Waals surface area contributed by atoms with Crippen LogP contribution in [0.4, 0.5) is 5.69 Å². The Hall–Kier alpha value is -1.93. The molecule has 0 bridgehead atoms. The highest BCUT2D eigenvalue weighted by atomic mass is 32.2. The lowest BCUT2D eigenvalue weighted by molar-refractivity contribution is -0.133. The molecule has 1 saturated heterocycles. The van der Waals surface area contributed by atoms with Gasteiger partial charge in [-0.3, -0.25) is 9.59 Å². The Morgan fingerprint density at radius 2 is 1.68 bits per heavy atom. The van der Waals surface area contributed by atoms with Crippen LogP contribution in [0.15, 0.2) is 23.1 Å². The van der Waals surface area contributed by atoms with Gasteiger partial charge in [-0.2, -0.15) is 0 Å². The van der Waals surface area contributed by atoms with E-state index in [1.807, 2.05) is 4.90 Å². The summed E-state index contributed by atoms with van der Waals surface area (Å²) < 4.78 is 27.7. The normalized spacial score (nSPS) is 17.0. The van der Waals surface area contributed by atoms with Gasteiger partial charge in [0.05, 0.1) is 4.90 Å². The van der Waals surface area contributed by atoms with Crippen molar-refractivity contribution in [1.82, 2.24) is 9.62 Å². The first-order valence-corrected chi connectivity index (χ1v) is 13.0. The van der Waals surface area contributed by atoms with E-state index in [4.69, 9.17) is 0 Å². The highest BCUT2D eigenvalue weighted by molar-refractivity contribution is 7.89. The van der Waals surface area contributed by atoms with E-state index in [1.54, 1.807) is 23.1 Å². The van der Waals surface area contributed by atoms with Gasteiger partial charge in [-0.05, 0) is 55.4 Å². The number of carbonyl (C=O) groups is 2. The van der Waals surface area contributed by atoms with E-state index in [-0.39, 0.29) is 29.6 Å².